The summed E-state index contributed by atoms with van der Waals surface area (Å²) in [6.07, 6.45) is 4.48. The van der Waals surface area contributed by atoms with Gasteiger partial charge in [0.25, 0.3) is 5.91 Å². The molecule has 1 aliphatic heterocycles. The van der Waals surface area contributed by atoms with Crippen LogP contribution in [0.2, 0.25) is 0 Å². The number of halogens is 2. The highest BCUT2D eigenvalue weighted by atomic mass is 35.5. The topological polar surface area (TPSA) is 49.6 Å². The Labute approximate surface area is 158 Å². The Morgan fingerprint density at radius 2 is 1.92 bits per heavy atom. The maximum absolute atomic E-state index is 12.6. The molecule has 1 aromatic rings. The van der Waals surface area contributed by atoms with Crippen molar-refractivity contribution < 1.29 is 4.79 Å². The molecule has 0 saturated carbocycles. The minimum absolute atomic E-state index is 0. The summed E-state index contributed by atoms with van der Waals surface area (Å²) < 4.78 is 0. The third kappa shape index (κ3) is 5.54. The van der Waals surface area contributed by atoms with E-state index in [0.717, 1.165) is 38.0 Å². The second-order valence-corrected chi connectivity index (χ2v) is 6.01. The van der Waals surface area contributed by atoms with Crippen molar-refractivity contribution in [2.24, 2.45) is 5.73 Å². The first kappa shape index (κ1) is 23.0. The number of anilines is 1. The van der Waals surface area contributed by atoms with Crippen molar-refractivity contribution in [3.63, 3.8) is 0 Å². The van der Waals surface area contributed by atoms with Gasteiger partial charge in [0.1, 0.15) is 0 Å². The van der Waals surface area contributed by atoms with Crippen LogP contribution in [0.15, 0.2) is 24.3 Å². The quantitative estimate of drug-likeness (QED) is 0.789. The van der Waals surface area contributed by atoms with Gasteiger partial charge >= 0.3 is 0 Å². The molecule has 1 heterocycles. The summed E-state index contributed by atoms with van der Waals surface area (Å²) in [4.78, 5) is 16.9. The van der Waals surface area contributed by atoms with E-state index in [1.54, 1.807) is 0 Å². The molecule has 1 aliphatic rings. The van der Waals surface area contributed by atoms with Crippen LogP contribution in [0.5, 0.6) is 0 Å². The normalized spacial score (nSPS) is 16.3. The van der Waals surface area contributed by atoms with Gasteiger partial charge in [0.05, 0.1) is 0 Å². The first-order valence-corrected chi connectivity index (χ1v) is 8.57. The number of nitrogens with zero attached hydrogens (tertiary/aromatic N) is 2. The van der Waals surface area contributed by atoms with Gasteiger partial charge in [-0.05, 0) is 50.5 Å². The molecule has 0 bridgehead atoms. The van der Waals surface area contributed by atoms with Crippen LogP contribution in [0.3, 0.4) is 0 Å². The number of rotatable bonds is 7. The van der Waals surface area contributed by atoms with Crippen LogP contribution < -0.4 is 10.6 Å². The monoisotopic (exact) mass is 375 g/mol. The predicted octanol–water partition coefficient (Wildman–Crippen LogP) is 3.72. The number of amides is 1. The predicted molar refractivity (Wildman–Crippen MR) is 107 cm³/mol. The van der Waals surface area contributed by atoms with Crippen molar-refractivity contribution in [3.8, 4) is 0 Å². The van der Waals surface area contributed by atoms with E-state index < -0.39 is 0 Å². The van der Waals surface area contributed by atoms with Crippen molar-refractivity contribution in [1.29, 1.82) is 0 Å². The van der Waals surface area contributed by atoms with Crippen LogP contribution in [0.4, 0.5) is 5.69 Å². The van der Waals surface area contributed by atoms with E-state index in [1.165, 1.54) is 18.5 Å². The fraction of sp³-hybridized carbons (Fsp3) is 0.611. The average Bonchev–Trinajstić information content (AvgIpc) is 3.04. The molecule has 1 fully saturated rings. The lowest BCUT2D eigenvalue weighted by molar-refractivity contribution is 0.0741. The van der Waals surface area contributed by atoms with E-state index in [9.17, 15) is 4.79 Å². The molecule has 1 atom stereocenters. The summed E-state index contributed by atoms with van der Waals surface area (Å²) in [5.41, 5.74) is 7.74. The lowest BCUT2D eigenvalue weighted by atomic mass is 10.1. The minimum atomic E-state index is 0. The summed E-state index contributed by atoms with van der Waals surface area (Å²) in [5.74, 6) is 0.121. The standard InChI is InChI=1S/C18H29N3O.2ClH/c1-3-5-12-20(4-2)16-10-8-15(9-11-16)18(22)21-13-6-7-17(21)14-19;;/h8-11,17H,3-7,12-14,19H2,1-2H3;2*1H. The molecule has 4 nitrogen and oxygen atoms in total. The van der Waals surface area contributed by atoms with Crippen LogP contribution >= 0.6 is 24.8 Å². The zero-order valence-corrected chi connectivity index (χ0v) is 16.4. The molecule has 6 heteroatoms. The van der Waals surface area contributed by atoms with Crippen molar-refractivity contribution in [2.75, 3.05) is 31.1 Å². The molecule has 0 spiro atoms. The van der Waals surface area contributed by atoms with Gasteiger partial charge in [0.2, 0.25) is 0 Å². The van der Waals surface area contributed by atoms with Gasteiger partial charge in [-0.25, -0.2) is 0 Å². The number of unbranched alkanes of at least 4 members (excludes halogenated alkanes) is 1. The van der Waals surface area contributed by atoms with Gasteiger partial charge in [0.15, 0.2) is 0 Å². The van der Waals surface area contributed by atoms with Crippen molar-refractivity contribution >= 4 is 36.4 Å². The Hall–Kier alpha value is -0.970. The molecule has 2 rings (SSSR count). The number of carbonyl (C=O) groups excluding carboxylic acids is 1. The minimum Gasteiger partial charge on any atom is -0.372 e. The average molecular weight is 376 g/mol. The smallest absolute Gasteiger partial charge is 0.254 e. The number of hydrogen-bond donors (Lipinski definition) is 1. The molecular formula is C18H31Cl2N3O. The van der Waals surface area contributed by atoms with Crippen LogP contribution in [-0.4, -0.2) is 43.0 Å². The first-order chi connectivity index (χ1) is 10.7. The van der Waals surface area contributed by atoms with Gasteiger partial charge < -0.3 is 15.5 Å². The Bertz CT molecular complexity index is 482. The van der Waals surface area contributed by atoms with Gasteiger partial charge in [-0.15, -0.1) is 24.8 Å². The van der Waals surface area contributed by atoms with E-state index in [0.29, 0.717) is 6.54 Å². The highest BCUT2D eigenvalue weighted by Crippen LogP contribution is 2.21. The molecule has 1 aromatic carbocycles. The van der Waals surface area contributed by atoms with Crippen LogP contribution in [-0.2, 0) is 0 Å². The summed E-state index contributed by atoms with van der Waals surface area (Å²) >= 11 is 0. The molecule has 1 amide bonds. The lowest BCUT2D eigenvalue weighted by Gasteiger charge is -2.25. The Morgan fingerprint density at radius 3 is 2.46 bits per heavy atom. The fourth-order valence-corrected chi connectivity index (χ4v) is 3.15. The van der Waals surface area contributed by atoms with E-state index in [1.807, 2.05) is 17.0 Å². The van der Waals surface area contributed by atoms with Gasteiger partial charge in [-0.3, -0.25) is 4.79 Å². The summed E-state index contributed by atoms with van der Waals surface area (Å²) in [5, 5.41) is 0. The van der Waals surface area contributed by atoms with Crippen LogP contribution in [0.25, 0.3) is 0 Å². The third-order valence-corrected chi connectivity index (χ3v) is 4.55. The maximum Gasteiger partial charge on any atom is 0.254 e. The molecule has 0 radical (unpaired) electrons. The molecule has 2 N–H and O–H groups in total. The second kappa shape index (κ2) is 11.6. The SMILES string of the molecule is CCCCN(CC)c1ccc(C(=O)N2CCCC2CN)cc1.Cl.Cl. The van der Waals surface area contributed by atoms with E-state index >= 15 is 0 Å². The zero-order valence-electron chi connectivity index (χ0n) is 14.7. The van der Waals surface area contributed by atoms with Crippen LogP contribution in [0, 0.1) is 0 Å². The molecule has 0 aromatic heterocycles. The second-order valence-electron chi connectivity index (χ2n) is 6.01. The molecule has 0 aliphatic carbocycles. The zero-order chi connectivity index (χ0) is 15.9. The van der Waals surface area contributed by atoms with Gasteiger partial charge in [-0.1, -0.05) is 13.3 Å². The number of benzene rings is 1. The van der Waals surface area contributed by atoms with Crippen molar-refractivity contribution in [2.45, 2.75) is 45.6 Å². The summed E-state index contributed by atoms with van der Waals surface area (Å²) in [6.45, 7) is 7.84. The Balaban J connectivity index is 0.00000264. The Morgan fingerprint density at radius 1 is 1.25 bits per heavy atom. The largest absolute Gasteiger partial charge is 0.372 e. The Kier molecular flexibility index (Phi) is 11.1. The summed E-state index contributed by atoms with van der Waals surface area (Å²) in [7, 11) is 0. The van der Waals surface area contributed by atoms with Gasteiger partial charge in [-0.2, -0.15) is 0 Å². The highest BCUT2D eigenvalue weighted by Gasteiger charge is 2.28. The van der Waals surface area contributed by atoms with E-state index in [-0.39, 0.29) is 36.8 Å². The molecule has 24 heavy (non-hydrogen) atoms. The number of hydrogen-bond acceptors (Lipinski definition) is 3. The fourth-order valence-electron chi connectivity index (χ4n) is 3.15. The number of carbonyl (C=O) groups is 1. The molecule has 138 valence electrons. The third-order valence-electron chi connectivity index (χ3n) is 4.55. The van der Waals surface area contributed by atoms with E-state index in [4.69, 9.17) is 5.73 Å². The number of nitrogens with two attached hydrogens (primary N) is 1. The highest BCUT2D eigenvalue weighted by molar-refractivity contribution is 5.95. The molecule has 1 unspecified atom stereocenters. The van der Waals surface area contributed by atoms with E-state index in [2.05, 4.69) is 30.9 Å². The van der Waals surface area contributed by atoms with Crippen molar-refractivity contribution in [3.05, 3.63) is 29.8 Å². The molecular weight excluding hydrogens is 345 g/mol. The van der Waals surface area contributed by atoms with Crippen molar-refractivity contribution in [1.82, 2.24) is 4.90 Å². The number of likely N-dealkylation sites (tertiary alicyclic amines) is 1. The molecule has 1 saturated heterocycles. The maximum atomic E-state index is 12.6. The van der Waals surface area contributed by atoms with Gasteiger partial charge in [0, 0.05) is 43.5 Å². The first-order valence-electron chi connectivity index (χ1n) is 8.57. The lowest BCUT2D eigenvalue weighted by Crippen LogP contribution is -2.39. The van der Waals surface area contributed by atoms with Crippen LogP contribution in [0.1, 0.15) is 49.9 Å². The summed E-state index contributed by atoms with van der Waals surface area (Å²) in [6, 6.07) is 8.26.